The molecule has 1 aliphatic rings. The second-order valence-electron chi connectivity index (χ2n) is 8.49. The van der Waals surface area contributed by atoms with Gasteiger partial charge in [-0.1, -0.05) is 37.1 Å². The van der Waals surface area contributed by atoms with Gasteiger partial charge >= 0.3 is 0 Å². The van der Waals surface area contributed by atoms with Crippen LogP contribution in [-0.2, 0) is 16.1 Å². The van der Waals surface area contributed by atoms with Crippen LogP contribution in [0.4, 0.5) is 4.39 Å². The van der Waals surface area contributed by atoms with Crippen molar-refractivity contribution in [2.75, 3.05) is 6.54 Å². The summed E-state index contributed by atoms with van der Waals surface area (Å²) in [7, 11) is 0. The lowest BCUT2D eigenvalue weighted by Crippen LogP contribution is -2.48. The molecule has 2 N–H and O–H groups in total. The number of rotatable bonds is 9. The molecule has 35 heavy (non-hydrogen) atoms. The van der Waals surface area contributed by atoms with Crippen molar-refractivity contribution in [3.63, 3.8) is 0 Å². The van der Waals surface area contributed by atoms with E-state index < -0.39 is 17.8 Å². The molecule has 1 atom stereocenters. The molecule has 0 saturated heterocycles. The molecular formula is C26H27FN4O3S. The highest BCUT2D eigenvalue weighted by Gasteiger charge is 2.33. The van der Waals surface area contributed by atoms with Crippen molar-refractivity contribution in [1.29, 1.82) is 0 Å². The highest BCUT2D eigenvalue weighted by atomic mass is 32.1. The van der Waals surface area contributed by atoms with Gasteiger partial charge in [0.25, 0.3) is 5.91 Å². The highest BCUT2D eigenvalue weighted by molar-refractivity contribution is 7.12. The van der Waals surface area contributed by atoms with Gasteiger partial charge in [0.2, 0.25) is 11.8 Å². The fourth-order valence-corrected chi connectivity index (χ4v) is 4.86. The van der Waals surface area contributed by atoms with Crippen LogP contribution in [-0.4, -0.2) is 40.2 Å². The minimum absolute atomic E-state index is 0.0583. The van der Waals surface area contributed by atoms with Gasteiger partial charge in [0.1, 0.15) is 11.9 Å². The molecule has 0 spiro atoms. The van der Waals surface area contributed by atoms with Crippen molar-refractivity contribution in [2.24, 2.45) is 0 Å². The summed E-state index contributed by atoms with van der Waals surface area (Å²) in [5, 5.41) is 7.52. The average Bonchev–Trinajstić information content (AvgIpc) is 3.59. The molecule has 7 nitrogen and oxygen atoms in total. The first-order valence-electron chi connectivity index (χ1n) is 11.6. The summed E-state index contributed by atoms with van der Waals surface area (Å²) >= 11 is 1.28. The topological polar surface area (TPSA) is 91.4 Å². The molecule has 0 bridgehead atoms. The number of nitrogens with one attached hydrogen (secondary N) is 2. The first-order chi connectivity index (χ1) is 17.0. The fraction of sp³-hybridized carbons (Fsp3) is 0.308. The number of amides is 3. The molecule has 1 unspecified atom stereocenters. The Morgan fingerprint density at radius 2 is 1.86 bits per heavy atom. The van der Waals surface area contributed by atoms with Crippen LogP contribution in [0.3, 0.4) is 0 Å². The van der Waals surface area contributed by atoms with Gasteiger partial charge in [0.05, 0.1) is 11.4 Å². The van der Waals surface area contributed by atoms with Crippen molar-refractivity contribution in [1.82, 2.24) is 20.5 Å². The van der Waals surface area contributed by atoms with Crippen LogP contribution in [0, 0.1) is 5.82 Å². The zero-order chi connectivity index (χ0) is 24.6. The molecule has 2 aromatic heterocycles. The number of nitrogens with zero attached hydrogens (tertiary/aromatic N) is 2. The minimum Gasteiger partial charge on any atom is -0.351 e. The predicted octanol–water partition coefficient (Wildman–Crippen LogP) is 3.84. The summed E-state index contributed by atoms with van der Waals surface area (Å²) in [5.74, 6) is -1.49. The standard InChI is InChI=1S/C26H27FN4O3S/c27-20-11-9-18(10-12-20)17-31(23(32)16-29-25(33)22-8-4-14-35-22)24(19-5-3-13-28-15-19)26(34)30-21-6-1-2-7-21/h3-5,8-15,21,24H,1-2,6-7,16-17H2,(H,29,33)(H,30,34). The van der Waals surface area contributed by atoms with Crippen LogP contribution in [0.2, 0.25) is 0 Å². The third kappa shape index (κ3) is 6.51. The van der Waals surface area contributed by atoms with Gasteiger partial charge < -0.3 is 15.5 Å². The van der Waals surface area contributed by atoms with Gasteiger partial charge in [-0.3, -0.25) is 19.4 Å². The third-order valence-electron chi connectivity index (χ3n) is 5.99. The summed E-state index contributed by atoms with van der Waals surface area (Å²) in [5.41, 5.74) is 1.22. The molecule has 182 valence electrons. The van der Waals surface area contributed by atoms with Crippen molar-refractivity contribution in [3.05, 3.63) is 88.1 Å². The van der Waals surface area contributed by atoms with E-state index in [2.05, 4.69) is 15.6 Å². The number of benzene rings is 1. The van der Waals surface area contributed by atoms with Crippen molar-refractivity contribution >= 4 is 29.1 Å². The summed E-state index contributed by atoms with van der Waals surface area (Å²) in [4.78, 5) is 45.5. The Labute approximate surface area is 207 Å². The van der Waals surface area contributed by atoms with Gasteiger partial charge in [-0.15, -0.1) is 11.3 Å². The molecule has 1 aliphatic carbocycles. The van der Waals surface area contributed by atoms with Crippen LogP contribution in [0.5, 0.6) is 0 Å². The van der Waals surface area contributed by atoms with Crippen molar-refractivity contribution < 1.29 is 18.8 Å². The second-order valence-corrected chi connectivity index (χ2v) is 9.43. The van der Waals surface area contributed by atoms with Gasteiger partial charge in [-0.2, -0.15) is 0 Å². The van der Waals surface area contributed by atoms with Gasteiger partial charge in [-0.25, -0.2) is 4.39 Å². The van der Waals surface area contributed by atoms with E-state index >= 15 is 0 Å². The number of carbonyl (C=O) groups is 3. The SMILES string of the molecule is O=C(NCC(=O)N(Cc1ccc(F)cc1)C(C(=O)NC1CCCC1)c1cccnc1)c1cccs1. The monoisotopic (exact) mass is 494 g/mol. The van der Waals surface area contributed by atoms with Crippen LogP contribution in [0.15, 0.2) is 66.3 Å². The zero-order valence-electron chi connectivity index (χ0n) is 19.2. The summed E-state index contributed by atoms with van der Waals surface area (Å²) in [6, 6.07) is 11.8. The minimum atomic E-state index is -0.958. The summed E-state index contributed by atoms with van der Waals surface area (Å²) < 4.78 is 13.5. The van der Waals surface area contributed by atoms with Gasteiger partial charge in [0.15, 0.2) is 0 Å². The molecule has 3 aromatic rings. The Kier molecular flexibility index (Phi) is 8.20. The molecule has 3 amide bonds. The number of carbonyl (C=O) groups excluding carboxylic acids is 3. The second kappa shape index (κ2) is 11.7. The Bertz CT molecular complexity index is 1130. The van der Waals surface area contributed by atoms with E-state index in [9.17, 15) is 18.8 Å². The highest BCUT2D eigenvalue weighted by Crippen LogP contribution is 2.25. The van der Waals surface area contributed by atoms with E-state index in [-0.39, 0.29) is 30.9 Å². The maximum absolute atomic E-state index is 13.5. The number of thiophene rings is 1. The van der Waals surface area contributed by atoms with E-state index in [0.29, 0.717) is 16.0 Å². The first-order valence-corrected chi connectivity index (χ1v) is 12.4. The molecular weight excluding hydrogens is 467 g/mol. The normalized spacial score (nSPS) is 14.3. The number of hydrogen-bond acceptors (Lipinski definition) is 5. The summed E-state index contributed by atoms with van der Waals surface area (Å²) in [6.45, 7) is -0.225. The largest absolute Gasteiger partial charge is 0.351 e. The lowest BCUT2D eigenvalue weighted by Gasteiger charge is -2.32. The van der Waals surface area contributed by atoms with Crippen molar-refractivity contribution in [2.45, 2.75) is 44.3 Å². The van der Waals surface area contributed by atoms with Crippen molar-refractivity contribution in [3.8, 4) is 0 Å². The Balaban J connectivity index is 1.61. The number of hydrogen-bond donors (Lipinski definition) is 2. The Morgan fingerprint density at radius 1 is 1.09 bits per heavy atom. The Hall–Kier alpha value is -3.59. The molecule has 1 saturated carbocycles. The molecule has 0 radical (unpaired) electrons. The maximum Gasteiger partial charge on any atom is 0.261 e. The van der Waals surface area contributed by atoms with E-state index in [1.54, 1.807) is 54.2 Å². The van der Waals surface area contributed by atoms with E-state index in [0.717, 1.165) is 25.7 Å². The fourth-order valence-electron chi connectivity index (χ4n) is 4.22. The van der Waals surface area contributed by atoms with Gasteiger partial charge in [0, 0.05) is 30.5 Å². The number of halogens is 1. The first kappa shape index (κ1) is 24.5. The number of pyridine rings is 1. The molecule has 0 aliphatic heterocycles. The molecule has 4 rings (SSSR count). The molecule has 1 aromatic carbocycles. The van der Waals surface area contributed by atoms with Gasteiger partial charge in [-0.05, 0) is 48.1 Å². The molecule has 9 heteroatoms. The number of aromatic nitrogens is 1. The quantitative estimate of drug-likeness (QED) is 0.473. The predicted molar refractivity (Wildman–Crippen MR) is 131 cm³/mol. The van der Waals surface area contributed by atoms with Crippen LogP contribution < -0.4 is 10.6 Å². The third-order valence-corrected chi connectivity index (χ3v) is 6.86. The van der Waals surface area contributed by atoms with E-state index in [1.807, 2.05) is 0 Å². The average molecular weight is 495 g/mol. The summed E-state index contributed by atoms with van der Waals surface area (Å²) in [6.07, 6.45) is 7.06. The lowest BCUT2D eigenvalue weighted by atomic mass is 10.0. The van der Waals surface area contributed by atoms with Crippen LogP contribution >= 0.6 is 11.3 Å². The van der Waals surface area contributed by atoms with Crippen LogP contribution in [0.1, 0.15) is 52.5 Å². The van der Waals surface area contributed by atoms with Crippen LogP contribution in [0.25, 0.3) is 0 Å². The zero-order valence-corrected chi connectivity index (χ0v) is 20.0. The van der Waals surface area contributed by atoms with E-state index in [1.165, 1.54) is 28.4 Å². The smallest absolute Gasteiger partial charge is 0.261 e. The Morgan fingerprint density at radius 3 is 2.51 bits per heavy atom. The molecule has 2 heterocycles. The maximum atomic E-state index is 13.5. The lowest BCUT2D eigenvalue weighted by molar-refractivity contribution is -0.141. The van der Waals surface area contributed by atoms with E-state index in [4.69, 9.17) is 0 Å². The molecule has 1 fully saturated rings.